The summed E-state index contributed by atoms with van der Waals surface area (Å²) in [7, 11) is 1.81. The Hall–Kier alpha value is -3.15. The first-order chi connectivity index (χ1) is 13.0. The van der Waals surface area contributed by atoms with Crippen molar-refractivity contribution in [3.8, 4) is 5.75 Å². The number of rotatable bonds is 4. The van der Waals surface area contributed by atoms with E-state index in [2.05, 4.69) is 10.4 Å². The van der Waals surface area contributed by atoms with E-state index >= 15 is 0 Å². The zero-order chi connectivity index (χ0) is 19.0. The molecule has 3 aromatic rings. The van der Waals surface area contributed by atoms with E-state index in [1.54, 1.807) is 22.9 Å². The minimum Gasteiger partial charge on any atom is -0.488 e. The lowest BCUT2D eigenvalue weighted by Gasteiger charge is -2.25. The Morgan fingerprint density at radius 3 is 2.78 bits per heavy atom. The fourth-order valence-corrected chi connectivity index (χ4v) is 3.65. The average Bonchev–Trinajstić information content (AvgIpc) is 2.94. The van der Waals surface area contributed by atoms with Gasteiger partial charge in [-0.25, -0.2) is 4.39 Å². The first-order valence-corrected chi connectivity index (χ1v) is 8.83. The predicted molar refractivity (Wildman–Crippen MR) is 100 cm³/mol. The Balaban J connectivity index is 1.70. The SMILES string of the molecule is Cc1nn(C)c2c1C(c1ccccc1OCc1ccccc1F)CC(=O)N2. The predicted octanol–water partition coefficient (Wildman–Crippen LogP) is 3.92. The van der Waals surface area contributed by atoms with Crippen molar-refractivity contribution in [2.75, 3.05) is 5.32 Å². The molecule has 1 amide bonds. The fraction of sp³-hybridized carbons (Fsp3) is 0.238. The van der Waals surface area contributed by atoms with Gasteiger partial charge in [0.15, 0.2) is 0 Å². The van der Waals surface area contributed by atoms with Gasteiger partial charge in [-0.05, 0) is 19.1 Å². The maximum Gasteiger partial charge on any atom is 0.226 e. The van der Waals surface area contributed by atoms with Crippen LogP contribution in [0.4, 0.5) is 10.2 Å². The highest BCUT2D eigenvalue weighted by molar-refractivity contribution is 5.94. The quantitative estimate of drug-likeness (QED) is 0.762. The molecule has 4 rings (SSSR count). The molecular weight excluding hydrogens is 345 g/mol. The molecule has 138 valence electrons. The van der Waals surface area contributed by atoms with Crippen molar-refractivity contribution in [1.82, 2.24) is 9.78 Å². The number of para-hydroxylation sites is 1. The summed E-state index contributed by atoms with van der Waals surface area (Å²) in [6, 6.07) is 14.2. The van der Waals surface area contributed by atoms with Crippen molar-refractivity contribution in [1.29, 1.82) is 0 Å². The second-order valence-electron chi connectivity index (χ2n) is 6.69. The minimum atomic E-state index is -0.294. The number of benzene rings is 2. The van der Waals surface area contributed by atoms with E-state index in [0.717, 1.165) is 22.6 Å². The number of carbonyl (C=O) groups is 1. The molecule has 1 unspecified atom stereocenters. The van der Waals surface area contributed by atoms with Crippen LogP contribution in [0.25, 0.3) is 0 Å². The first kappa shape index (κ1) is 17.3. The molecule has 6 heteroatoms. The molecule has 1 aliphatic heterocycles. The number of hydrogen-bond donors (Lipinski definition) is 1. The number of hydrogen-bond acceptors (Lipinski definition) is 3. The largest absolute Gasteiger partial charge is 0.488 e. The lowest BCUT2D eigenvalue weighted by Crippen LogP contribution is -2.25. The van der Waals surface area contributed by atoms with Gasteiger partial charge in [0.05, 0.1) is 5.69 Å². The van der Waals surface area contributed by atoms with Gasteiger partial charge in [-0.2, -0.15) is 5.10 Å². The van der Waals surface area contributed by atoms with Crippen LogP contribution < -0.4 is 10.1 Å². The topological polar surface area (TPSA) is 56.2 Å². The van der Waals surface area contributed by atoms with E-state index in [1.807, 2.05) is 38.2 Å². The molecule has 1 aliphatic rings. The number of nitrogens with one attached hydrogen (secondary N) is 1. The molecule has 0 radical (unpaired) electrons. The molecule has 0 saturated carbocycles. The number of aromatic nitrogens is 2. The van der Waals surface area contributed by atoms with Crippen molar-refractivity contribution in [2.24, 2.45) is 7.05 Å². The lowest BCUT2D eigenvalue weighted by molar-refractivity contribution is -0.116. The van der Waals surface area contributed by atoms with Gasteiger partial charge in [0, 0.05) is 36.1 Å². The second-order valence-corrected chi connectivity index (χ2v) is 6.69. The summed E-state index contributed by atoms with van der Waals surface area (Å²) < 4.78 is 21.6. The summed E-state index contributed by atoms with van der Waals surface area (Å²) in [5.41, 5.74) is 3.27. The van der Waals surface area contributed by atoms with Gasteiger partial charge in [-0.1, -0.05) is 36.4 Å². The molecule has 0 spiro atoms. The van der Waals surface area contributed by atoms with Gasteiger partial charge in [-0.15, -0.1) is 0 Å². The standard InChI is InChI=1S/C21H20FN3O2/c1-13-20-16(11-19(26)23-21(20)25(2)24-13)15-8-4-6-10-18(15)27-12-14-7-3-5-9-17(14)22/h3-10,16H,11-12H2,1-2H3,(H,23,26). The highest BCUT2D eigenvalue weighted by atomic mass is 19.1. The van der Waals surface area contributed by atoms with Crippen LogP contribution in [0.3, 0.4) is 0 Å². The van der Waals surface area contributed by atoms with Crippen LogP contribution in [0, 0.1) is 12.7 Å². The van der Waals surface area contributed by atoms with Gasteiger partial charge in [-0.3, -0.25) is 9.48 Å². The molecule has 1 atom stereocenters. The number of nitrogens with zero attached hydrogens (tertiary/aromatic N) is 2. The van der Waals surface area contributed by atoms with Crippen molar-refractivity contribution in [2.45, 2.75) is 25.9 Å². The van der Waals surface area contributed by atoms with E-state index in [-0.39, 0.29) is 24.2 Å². The highest BCUT2D eigenvalue weighted by Crippen LogP contribution is 2.42. The summed E-state index contributed by atoms with van der Waals surface area (Å²) in [6.07, 6.45) is 0.319. The van der Waals surface area contributed by atoms with Gasteiger partial charge >= 0.3 is 0 Å². The Morgan fingerprint density at radius 1 is 1.22 bits per heavy atom. The molecule has 2 aromatic carbocycles. The van der Waals surface area contributed by atoms with Crippen LogP contribution in [-0.4, -0.2) is 15.7 Å². The Labute approximate surface area is 156 Å². The van der Waals surface area contributed by atoms with E-state index in [4.69, 9.17) is 4.74 Å². The first-order valence-electron chi connectivity index (χ1n) is 8.83. The number of carbonyl (C=O) groups excluding carboxylic acids is 1. The second kappa shape index (κ2) is 6.87. The fourth-order valence-electron chi connectivity index (χ4n) is 3.65. The van der Waals surface area contributed by atoms with E-state index in [0.29, 0.717) is 17.7 Å². The van der Waals surface area contributed by atoms with Crippen LogP contribution >= 0.6 is 0 Å². The van der Waals surface area contributed by atoms with Gasteiger partial charge in [0.1, 0.15) is 24.0 Å². The molecule has 0 fully saturated rings. The average molecular weight is 365 g/mol. The van der Waals surface area contributed by atoms with Crippen molar-refractivity contribution in [3.63, 3.8) is 0 Å². The third-order valence-electron chi connectivity index (χ3n) is 4.90. The molecule has 1 aromatic heterocycles. The molecule has 2 heterocycles. The Bertz CT molecular complexity index is 1010. The van der Waals surface area contributed by atoms with E-state index in [1.165, 1.54) is 6.07 Å². The van der Waals surface area contributed by atoms with Crippen molar-refractivity contribution >= 4 is 11.7 Å². The van der Waals surface area contributed by atoms with Crippen LogP contribution in [0.5, 0.6) is 5.75 Å². The maximum absolute atomic E-state index is 13.9. The molecule has 1 N–H and O–H groups in total. The minimum absolute atomic E-state index is 0.0561. The van der Waals surface area contributed by atoms with Gasteiger partial charge < -0.3 is 10.1 Å². The van der Waals surface area contributed by atoms with Crippen LogP contribution in [-0.2, 0) is 18.4 Å². The normalized spacial score (nSPS) is 16.0. The Kier molecular flexibility index (Phi) is 4.39. The summed E-state index contributed by atoms with van der Waals surface area (Å²) >= 11 is 0. The van der Waals surface area contributed by atoms with Crippen LogP contribution in [0.15, 0.2) is 48.5 Å². The van der Waals surface area contributed by atoms with Crippen molar-refractivity contribution in [3.05, 3.63) is 76.7 Å². The molecule has 0 aliphatic carbocycles. The maximum atomic E-state index is 13.9. The number of anilines is 1. The molecule has 0 bridgehead atoms. The number of ether oxygens (including phenoxy) is 1. The third kappa shape index (κ3) is 3.18. The molecule has 27 heavy (non-hydrogen) atoms. The van der Waals surface area contributed by atoms with E-state index in [9.17, 15) is 9.18 Å². The highest BCUT2D eigenvalue weighted by Gasteiger charge is 2.33. The lowest BCUT2D eigenvalue weighted by atomic mass is 9.85. The van der Waals surface area contributed by atoms with E-state index < -0.39 is 0 Å². The summed E-state index contributed by atoms with van der Waals surface area (Å²) in [5.74, 6) is 0.864. The number of aryl methyl sites for hydroxylation is 2. The number of fused-ring (bicyclic) bond motifs is 1. The third-order valence-corrected chi connectivity index (χ3v) is 4.90. The monoisotopic (exact) mass is 365 g/mol. The Morgan fingerprint density at radius 2 is 1.96 bits per heavy atom. The van der Waals surface area contributed by atoms with Crippen LogP contribution in [0.1, 0.15) is 34.7 Å². The van der Waals surface area contributed by atoms with Gasteiger partial charge in [0.2, 0.25) is 5.91 Å². The van der Waals surface area contributed by atoms with Crippen LogP contribution in [0.2, 0.25) is 0 Å². The zero-order valence-corrected chi connectivity index (χ0v) is 15.2. The smallest absolute Gasteiger partial charge is 0.226 e. The number of halogens is 1. The zero-order valence-electron chi connectivity index (χ0n) is 15.2. The summed E-state index contributed by atoms with van der Waals surface area (Å²) in [4.78, 5) is 12.3. The molecule has 0 saturated heterocycles. The molecular formula is C21H20FN3O2. The summed E-state index contributed by atoms with van der Waals surface area (Å²) in [5, 5.41) is 7.35. The van der Waals surface area contributed by atoms with Crippen molar-refractivity contribution < 1.29 is 13.9 Å². The summed E-state index contributed by atoms with van der Waals surface area (Å²) in [6.45, 7) is 2.06. The molecule has 5 nitrogen and oxygen atoms in total. The van der Waals surface area contributed by atoms with Gasteiger partial charge in [0.25, 0.3) is 0 Å². The number of amides is 1.